The van der Waals surface area contributed by atoms with Gasteiger partial charge in [-0.1, -0.05) is 65.1 Å². The number of anilines is 2. The number of imide groups is 1. The summed E-state index contributed by atoms with van der Waals surface area (Å²) < 4.78 is 46.4. The predicted octanol–water partition coefficient (Wildman–Crippen LogP) is 5.68. The van der Waals surface area contributed by atoms with Crippen molar-refractivity contribution in [1.29, 1.82) is 0 Å². The number of rotatable bonds is 6. The summed E-state index contributed by atoms with van der Waals surface area (Å²) in [6.07, 6.45) is -4.59. The summed E-state index contributed by atoms with van der Waals surface area (Å²) in [5, 5.41) is 1.88. The lowest BCUT2D eigenvalue weighted by Crippen LogP contribution is -2.33. The molecule has 1 aromatic heterocycles. The number of hydrogen-bond acceptors (Lipinski definition) is 7. The molecule has 13 heteroatoms. The molecular formula is C31H24F3N3O5S2. The second kappa shape index (κ2) is 11.3. The van der Waals surface area contributed by atoms with Crippen molar-refractivity contribution >= 4 is 52.2 Å². The average Bonchev–Trinajstić information content (AvgIpc) is 3.43. The van der Waals surface area contributed by atoms with Gasteiger partial charge in [0.15, 0.2) is 0 Å². The SMILES string of the molecule is COc1ccccc1[C@@H]1c2sc(=O)n(CC(=O)Nc3cccc(C(F)(F)F)c3)c2S[C@H]2C(=O)N(c3ccc(C)cc3)C(=O)[C@@H]12. The zero-order chi connectivity index (χ0) is 31.3. The van der Waals surface area contributed by atoms with Crippen molar-refractivity contribution in [2.24, 2.45) is 5.92 Å². The third-order valence-electron chi connectivity index (χ3n) is 7.59. The summed E-state index contributed by atoms with van der Waals surface area (Å²) in [4.78, 5) is 55.4. The highest BCUT2D eigenvalue weighted by molar-refractivity contribution is 8.00. The van der Waals surface area contributed by atoms with Gasteiger partial charge in [0.05, 0.1) is 29.3 Å². The van der Waals surface area contributed by atoms with Gasteiger partial charge in [-0.25, -0.2) is 4.90 Å². The third kappa shape index (κ3) is 5.19. The van der Waals surface area contributed by atoms with Gasteiger partial charge in [-0.3, -0.25) is 23.7 Å². The number of nitrogens with one attached hydrogen (secondary N) is 1. The van der Waals surface area contributed by atoms with Crippen LogP contribution in [-0.2, 0) is 27.1 Å². The van der Waals surface area contributed by atoms with E-state index in [0.717, 1.165) is 40.8 Å². The molecule has 6 rings (SSSR count). The van der Waals surface area contributed by atoms with E-state index in [4.69, 9.17) is 4.74 Å². The Hall–Kier alpha value is -4.36. The smallest absolute Gasteiger partial charge is 0.416 e. The minimum Gasteiger partial charge on any atom is -0.496 e. The number of carbonyl (C=O) groups excluding carboxylic acids is 3. The summed E-state index contributed by atoms with van der Waals surface area (Å²) in [7, 11) is 1.49. The molecule has 3 amide bonds. The number of para-hydroxylation sites is 1. The largest absolute Gasteiger partial charge is 0.496 e. The summed E-state index contributed by atoms with van der Waals surface area (Å²) >= 11 is 1.91. The van der Waals surface area contributed by atoms with Crippen molar-refractivity contribution in [2.75, 3.05) is 17.3 Å². The summed E-state index contributed by atoms with van der Waals surface area (Å²) in [5.41, 5.74) is 0.998. The van der Waals surface area contributed by atoms with Gasteiger partial charge in [0.1, 0.15) is 17.5 Å². The topological polar surface area (TPSA) is 97.7 Å². The second-order valence-corrected chi connectivity index (χ2v) is 12.5. The van der Waals surface area contributed by atoms with Gasteiger partial charge in [-0.2, -0.15) is 13.2 Å². The average molecular weight is 640 g/mol. The van der Waals surface area contributed by atoms with Crippen LogP contribution in [0.2, 0.25) is 0 Å². The van der Waals surface area contributed by atoms with Gasteiger partial charge in [0.2, 0.25) is 17.7 Å². The van der Waals surface area contributed by atoms with Crippen molar-refractivity contribution in [2.45, 2.75) is 35.8 Å². The number of aromatic nitrogens is 1. The Labute approximate surface area is 257 Å². The number of hydrogen-bond donors (Lipinski definition) is 1. The number of fused-ring (bicyclic) bond motifs is 2. The molecule has 1 fully saturated rings. The molecule has 0 unspecified atom stereocenters. The highest BCUT2D eigenvalue weighted by Gasteiger charge is 2.57. The molecule has 8 nitrogen and oxygen atoms in total. The summed E-state index contributed by atoms with van der Waals surface area (Å²) in [6.45, 7) is 1.39. The monoisotopic (exact) mass is 639 g/mol. The van der Waals surface area contributed by atoms with Crippen molar-refractivity contribution in [3.63, 3.8) is 0 Å². The molecule has 2 aliphatic heterocycles. The number of thiazole rings is 1. The van der Waals surface area contributed by atoms with Gasteiger partial charge < -0.3 is 10.1 Å². The molecule has 0 aliphatic carbocycles. The lowest BCUT2D eigenvalue weighted by atomic mass is 9.82. The number of methoxy groups -OCH3 is 1. The van der Waals surface area contributed by atoms with E-state index in [-0.39, 0.29) is 5.69 Å². The molecule has 3 atom stereocenters. The van der Waals surface area contributed by atoms with Crippen LogP contribution in [0, 0.1) is 12.8 Å². The van der Waals surface area contributed by atoms with E-state index < -0.39 is 58.0 Å². The first-order valence-electron chi connectivity index (χ1n) is 13.4. The third-order valence-corrected chi connectivity index (χ3v) is 10.2. The number of carbonyl (C=O) groups is 3. The number of aryl methyl sites for hydroxylation is 1. The summed E-state index contributed by atoms with van der Waals surface area (Å²) in [6, 6.07) is 18.3. The van der Waals surface area contributed by atoms with Crippen LogP contribution in [0.3, 0.4) is 0 Å². The molecule has 1 saturated heterocycles. The second-order valence-electron chi connectivity index (χ2n) is 10.4. The number of alkyl halides is 3. The highest BCUT2D eigenvalue weighted by Crippen LogP contribution is 2.55. The van der Waals surface area contributed by atoms with Gasteiger partial charge in [-0.15, -0.1) is 0 Å². The van der Waals surface area contributed by atoms with E-state index in [1.54, 1.807) is 48.5 Å². The standard InChI is InChI=1S/C31H24F3N3O5S2/c1-16-10-12-19(13-11-16)37-27(39)24-23(20-8-3-4-9-21(20)42-2)26-29(43-25(24)28(37)40)36(30(41)44-26)15-22(38)35-18-7-5-6-17(14-18)31(32,33)34/h3-14,23-25H,15H2,1-2H3,(H,35,38)/t23-,24-,25+/m0/s1. The van der Waals surface area contributed by atoms with Gasteiger partial charge in [-0.05, 0) is 43.3 Å². The Morgan fingerprint density at radius 1 is 0.977 bits per heavy atom. The Bertz CT molecular complexity index is 1850. The van der Waals surface area contributed by atoms with Crippen LogP contribution in [0.15, 0.2) is 82.6 Å². The lowest BCUT2D eigenvalue weighted by molar-refractivity contribution is -0.137. The first-order valence-corrected chi connectivity index (χ1v) is 15.1. The Balaban J connectivity index is 1.40. The molecule has 0 spiro atoms. The van der Waals surface area contributed by atoms with Crippen LogP contribution in [0.4, 0.5) is 24.5 Å². The first-order chi connectivity index (χ1) is 21.0. The van der Waals surface area contributed by atoms with Crippen LogP contribution in [0.5, 0.6) is 5.75 Å². The van der Waals surface area contributed by atoms with Gasteiger partial charge in [0.25, 0.3) is 0 Å². The number of benzene rings is 3. The van der Waals surface area contributed by atoms with E-state index in [2.05, 4.69) is 5.32 Å². The number of thioether (sulfide) groups is 1. The van der Waals surface area contributed by atoms with E-state index in [1.165, 1.54) is 28.7 Å². The van der Waals surface area contributed by atoms with Crippen LogP contribution < -0.4 is 19.8 Å². The fraction of sp³-hybridized carbons (Fsp3) is 0.226. The summed E-state index contributed by atoms with van der Waals surface area (Å²) in [5.74, 6) is -2.70. The van der Waals surface area contributed by atoms with Crippen LogP contribution in [0.25, 0.3) is 0 Å². The molecule has 3 aromatic carbocycles. The van der Waals surface area contributed by atoms with Crippen LogP contribution >= 0.6 is 23.1 Å². The number of nitrogens with zero attached hydrogens (tertiary/aromatic N) is 2. The van der Waals surface area contributed by atoms with E-state index in [1.807, 2.05) is 6.92 Å². The van der Waals surface area contributed by atoms with Crippen LogP contribution in [0.1, 0.15) is 27.5 Å². The number of amides is 3. The lowest BCUT2D eigenvalue weighted by Gasteiger charge is -2.31. The normalized spacial score (nSPS) is 19.5. The minimum absolute atomic E-state index is 0.0770. The maximum atomic E-state index is 14.0. The highest BCUT2D eigenvalue weighted by atomic mass is 32.2. The van der Waals surface area contributed by atoms with Crippen molar-refractivity contribution in [3.8, 4) is 5.75 Å². The van der Waals surface area contributed by atoms with Crippen molar-refractivity contribution in [1.82, 2.24) is 4.57 Å². The molecule has 1 N–H and O–H groups in total. The fourth-order valence-electron chi connectivity index (χ4n) is 5.58. The fourth-order valence-corrected chi connectivity index (χ4v) is 8.34. The Morgan fingerprint density at radius 2 is 1.70 bits per heavy atom. The van der Waals surface area contributed by atoms with Gasteiger partial charge in [0, 0.05) is 22.0 Å². The molecule has 3 heterocycles. The number of halogens is 3. The zero-order valence-electron chi connectivity index (χ0n) is 23.3. The molecule has 0 radical (unpaired) electrons. The predicted molar refractivity (Wildman–Crippen MR) is 160 cm³/mol. The maximum Gasteiger partial charge on any atom is 0.416 e. The van der Waals surface area contributed by atoms with Gasteiger partial charge >= 0.3 is 11.0 Å². The van der Waals surface area contributed by atoms with E-state index in [9.17, 15) is 32.3 Å². The molecular weight excluding hydrogens is 615 g/mol. The van der Waals surface area contributed by atoms with Crippen LogP contribution in [-0.4, -0.2) is 34.6 Å². The minimum atomic E-state index is -4.59. The van der Waals surface area contributed by atoms with Crippen molar-refractivity contribution < 1.29 is 32.3 Å². The molecule has 0 saturated carbocycles. The first kappa shape index (κ1) is 29.7. The zero-order valence-corrected chi connectivity index (χ0v) is 24.9. The molecule has 4 aromatic rings. The van der Waals surface area contributed by atoms with E-state index >= 15 is 0 Å². The number of ether oxygens (including phenoxy) is 1. The maximum absolute atomic E-state index is 14.0. The van der Waals surface area contributed by atoms with E-state index in [0.29, 0.717) is 26.9 Å². The Kier molecular flexibility index (Phi) is 7.62. The quantitative estimate of drug-likeness (QED) is 0.273. The Morgan fingerprint density at radius 3 is 2.41 bits per heavy atom. The molecule has 226 valence electrons. The van der Waals surface area contributed by atoms with Crippen molar-refractivity contribution in [3.05, 3.63) is 104 Å². The molecule has 44 heavy (non-hydrogen) atoms. The molecule has 2 aliphatic rings. The molecule has 0 bridgehead atoms.